The maximum Gasteiger partial charge on any atom is 0.126 e. The number of anilines is 1. The Hall–Kier alpha value is -1.67. The van der Waals surface area contributed by atoms with Crippen LogP contribution in [0.4, 0.5) is 5.69 Å². The number of methoxy groups -OCH3 is 1. The zero-order valence-corrected chi connectivity index (χ0v) is 10.6. The van der Waals surface area contributed by atoms with Crippen molar-refractivity contribution in [2.75, 3.05) is 12.8 Å². The molecule has 0 aliphatic rings. The smallest absolute Gasteiger partial charge is 0.126 e. The lowest BCUT2D eigenvalue weighted by atomic mass is 10.0. The van der Waals surface area contributed by atoms with E-state index in [9.17, 15) is 0 Å². The number of halogens is 1. The van der Waals surface area contributed by atoms with Gasteiger partial charge in [-0.05, 0) is 30.7 Å². The summed E-state index contributed by atoms with van der Waals surface area (Å²) in [5.74, 6) is 0.804. The van der Waals surface area contributed by atoms with Crippen LogP contribution in [-0.2, 0) is 0 Å². The molecule has 0 spiro atoms. The Morgan fingerprint density at radius 3 is 2.53 bits per heavy atom. The van der Waals surface area contributed by atoms with Gasteiger partial charge in [0.05, 0.1) is 12.1 Å². The van der Waals surface area contributed by atoms with Crippen molar-refractivity contribution >= 4 is 17.3 Å². The number of hydrogen-bond acceptors (Lipinski definition) is 2. The van der Waals surface area contributed by atoms with E-state index in [0.29, 0.717) is 10.7 Å². The van der Waals surface area contributed by atoms with Crippen LogP contribution < -0.4 is 10.5 Å². The standard InChI is InChI=1S/C14H14ClNO/c1-9-7-11(12(15)8-13(9)16)10-5-3-4-6-14(10)17-2/h3-8H,16H2,1-2H3. The Morgan fingerprint density at radius 1 is 1.12 bits per heavy atom. The molecule has 0 saturated carbocycles. The van der Waals surface area contributed by atoms with E-state index in [2.05, 4.69) is 0 Å². The number of hydrogen-bond donors (Lipinski definition) is 1. The van der Waals surface area contributed by atoms with E-state index < -0.39 is 0 Å². The van der Waals surface area contributed by atoms with Gasteiger partial charge in [0.2, 0.25) is 0 Å². The molecular formula is C14H14ClNO. The number of ether oxygens (including phenoxy) is 1. The number of nitrogen functional groups attached to an aromatic ring is 1. The van der Waals surface area contributed by atoms with Gasteiger partial charge < -0.3 is 10.5 Å². The Labute approximate surface area is 106 Å². The van der Waals surface area contributed by atoms with Crippen molar-refractivity contribution < 1.29 is 4.74 Å². The summed E-state index contributed by atoms with van der Waals surface area (Å²) in [6.45, 7) is 1.96. The van der Waals surface area contributed by atoms with Gasteiger partial charge in [0.15, 0.2) is 0 Å². The molecule has 2 N–H and O–H groups in total. The Kier molecular flexibility index (Phi) is 3.25. The minimum Gasteiger partial charge on any atom is -0.496 e. The minimum absolute atomic E-state index is 0.637. The molecule has 0 aromatic heterocycles. The van der Waals surface area contributed by atoms with E-state index in [1.807, 2.05) is 37.3 Å². The highest BCUT2D eigenvalue weighted by Gasteiger charge is 2.10. The number of nitrogens with two attached hydrogens (primary N) is 1. The van der Waals surface area contributed by atoms with Crippen LogP contribution in [0, 0.1) is 6.92 Å². The van der Waals surface area contributed by atoms with Gasteiger partial charge in [-0.15, -0.1) is 0 Å². The predicted octanol–water partition coefficient (Wildman–Crippen LogP) is 3.91. The van der Waals surface area contributed by atoms with Gasteiger partial charge in [0.1, 0.15) is 5.75 Å². The van der Waals surface area contributed by atoms with Crippen LogP contribution in [0.2, 0.25) is 5.02 Å². The van der Waals surface area contributed by atoms with Gasteiger partial charge in [0, 0.05) is 16.8 Å². The third kappa shape index (κ3) is 2.22. The highest BCUT2D eigenvalue weighted by atomic mass is 35.5. The average molecular weight is 248 g/mol. The number of rotatable bonds is 2. The maximum absolute atomic E-state index is 6.23. The monoisotopic (exact) mass is 247 g/mol. The second-order valence-corrected chi connectivity index (χ2v) is 4.30. The molecule has 0 heterocycles. The van der Waals surface area contributed by atoms with Crippen molar-refractivity contribution in [2.24, 2.45) is 0 Å². The lowest BCUT2D eigenvalue weighted by Gasteiger charge is -2.12. The van der Waals surface area contributed by atoms with Crippen molar-refractivity contribution in [3.8, 4) is 16.9 Å². The van der Waals surface area contributed by atoms with E-state index >= 15 is 0 Å². The summed E-state index contributed by atoms with van der Waals surface area (Å²) in [5, 5.41) is 0.637. The van der Waals surface area contributed by atoms with Crippen LogP contribution in [0.15, 0.2) is 36.4 Å². The molecule has 3 heteroatoms. The van der Waals surface area contributed by atoms with Crippen molar-refractivity contribution in [1.82, 2.24) is 0 Å². The van der Waals surface area contributed by atoms with Crippen molar-refractivity contribution in [3.05, 3.63) is 47.0 Å². The lowest BCUT2D eigenvalue weighted by molar-refractivity contribution is 0.416. The second-order valence-electron chi connectivity index (χ2n) is 3.89. The predicted molar refractivity (Wildman–Crippen MR) is 72.6 cm³/mol. The maximum atomic E-state index is 6.23. The summed E-state index contributed by atoms with van der Waals surface area (Å²) in [4.78, 5) is 0. The first-order valence-electron chi connectivity index (χ1n) is 5.32. The summed E-state index contributed by atoms with van der Waals surface area (Å²) >= 11 is 6.23. The molecule has 0 atom stereocenters. The second kappa shape index (κ2) is 4.68. The van der Waals surface area contributed by atoms with Crippen LogP contribution in [0.5, 0.6) is 5.75 Å². The molecule has 0 aliphatic heterocycles. The summed E-state index contributed by atoms with van der Waals surface area (Å²) < 4.78 is 5.33. The first-order valence-corrected chi connectivity index (χ1v) is 5.70. The first kappa shape index (κ1) is 11.8. The zero-order valence-electron chi connectivity index (χ0n) is 9.83. The normalized spacial score (nSPS) is 10.3. The molecule has 0 aliphatic carbocycles. The number of para-hydroxylation sites is 1. The zero-order chi connectivity index (χ0) is 12.4. The van der Waals surface area contributed by atoms with Gasteiger partial charge in [-0.2, -0.15) is 0 Å². The highest BCUT2D eigenvalue weighted by Crippen LogP contribution is 2.36. The fourth-order valence-electron chi connectivity index (χ4n) is 1.77. The van der Waals surface area contributed by atoms with Gasteiger partial charge in [-0.25, -0.2) is 0 Å². The van der Waals surface area contributed by atoms with Crippen molar-refractivity contribution in [2.45, 2.75) is 6.92 Å². The molecule has 0 unspecified atom stereocenters. The molecule has 0 bridgehead atoms. The van der Waals surface area contributed by atoms with E-state index in [4.69, 9.17) is 22.1 Å². The molecule has 17 heavy (non-hydrogen) atoms. The Morgan fingerprint density at radius 2 is 1.82 bits per heavy atom. The van der Waals surface area contributed by atoms with Gasteiger partial charge >= 0.3 is 0 Å². The third-order valence-corrected chi connectivity index (χ3v) is 3.07. The van der Waals surface area contributed by atoms with Gasteiger partial charge in [-0.1, -0.05) is 29.8 Å². The summed E-state index contributed by atoms with van der Waals surface area (Å²) in [6.07, 6.45) is 0. The average Bonchev–Trinajstić information content (AvgIpc) is 2.34. The summed E-state index contributed by atoms with van der Waals surface area (Å²) in [7, 11) is 1.65. The molecule has 0 amide bonds. The van der Waals surface area contributed by atoms with Crippen molar-refractivity contribution in [1.29, 1.82) is 0 Å². The van der Waals surface area contributed by atoms with E-state index in [0.717, 1.165) is 22.4 Å². The molecule has 2 aromatic carbocycles. The van der Waals surface area contributed by atoms with Gasteiger partial charge in [-0.3, -0.25) is 0 Å². The fraction of sp³-hybridized carbons (Fsp3) is 0.143. The van der Waals surface area contributed by atoms with Crippen LogP contribution in [-0.4, -0.2) is 7.11 Å². The van der Waals surface area contributed by atoms with Crippen LogP contribution in [0.3, 0.4) is 0 Å². The van der Waals surface area contributed by atoms with Crippen LogP contribution >= 0.6 is 11.6 Å². The molecule has 0 radical (unpaired) electrons. The first-order chi connectivity index (χ1) is 8.13. The van der Waals surface area contributed by atoms with Crippen LogP contribution in [0.25, 0.3) is 11.1 Å². The SMILES string of the molecule is COc1ccccc1-c1cc(C)c(N)cc1Cl. The number of aryl methyl sites for hydroxylation is 1. The van der Waals surface area contributed by atoms with E-state index in [-0.39, 0.29) is 0 Å². The molecule has 88 valence electrons. The quantitative estimate of drug-likeness (QED) is 0.817. The molecular weight excluding hydrogens is 234 g/mol. The fourth-order valence-corrected chi connectivity index (χ4v) is 2.04. The molecule has 2 rings (SSSR count). The molecule has 0 saturated heterocycles. The minimum atomic E-state index is 0.637. The van der Waals surface area contributed by atoms with E-state index in [1.54, 1.807) is 13.2 Å². The van der Waals surface area contributed by atoms with E-state index in [1.165, 1.54) is 0 Å². The summed E-state index contributed by atoms with van der Waals surface area (Å²) in [6, 6.07) is 11.5. The summed E-state index contributed by atoms with van der Waals surface area (Å²) in [5.41, 5.74) is 9.45. The van der Waals surface area contributed by atoms with Gasteiger partial charge in [0.25, 0.3) is 0 Å². The molecule has 2 aromatic rings. The Bertz CT molecular complexity index is 552. The third-order valence-electron chi connectivity index (χ3n) is 2.75. The van der Waals surface area contributed by atoms with Crippen molar-refractivity contribution in [3.63, 3.8) is 0 Å². The number of benzene rings is 2. The topological polar surface area (TPSA) is 35.2 Å². The largest absolute Gasteiger partial charge is 0.496 e. The van der Waals surface area contributed by atoms with Crippen LogP contribution in [0.1, 0.15) is 5.56 Å². The lowest BCUT2D eigenvalue weighted by Crippen LogP contribution is -1.93. The highest BCUT2D eigenvalue weighted by molar-refractivity contribution is 6.33. The molecule has 2 nitrogen and oxygen atoms in total. The molecule has 0 fully saturated rings. The Balaban J connectivity index is 2.64.